The summed E-state index contributed by atoms with van der Waals surface area (Å²) in [5.41, 5.74) is 2.72. The SMILES string of the molecule is Cc1ccc(CNC[C@@H]2CCCNC2)cc1. The van der Waals surface area contributed by atoms with Crippen LogP contribution in [0.15, 0.2) is 24.3 Å². The topological polar surface area (TPSA) is 24.1 Å². The molecule has 0 spiro atoms. The maximum Gasteiger partial charge on any atom is 0.0205 e. The minimum absolute atomic E-state index is 0.819. The van der Waals surface area contributed by atoms with E-state index in [4.69, 9.17) is 0 Å². The van der Waals surface area contributed by atoms with Crippen molar-refractivity contribution in [2.24, 2.45) is 5.92 Å². The third kappa shape index (κ3) is 3.62. The van der Waals surface area contributed by atoms with Crippen LogP contribution in [0.3, 0.4) is 0 Å². The van der Waals surface area contributed by atoms with E-state index in [1.807, 2.05) is 0 Å². The van der Waals surface area contributed by atoms with Gasteiger partial charge in [0.2, 0.25) is 0 Å². The Balaban J connectivity index is 1.69. The number of hydrogen-bond donors (Lipinski definition) is 2. The summed E-state index contributed by atoms with van der Waals surface area (Å²) >= 11 is 0. The van der Waals surface area contributed by atoms with E-state index in [0.717, 1.165) is 19.0 Å². The second-order valence-electron chi connectivity index (χ2n) is 4.83. The number of piperidine rings is 1. The van der Waals surface area contributed by atoms with Crippen molar-refractivity contribution in [1.82, 2.24) is 10.6 Å². The second kappa shape index (κ2) is 6.02. The van der Waals surface area contributed by atoms with Crippen molar-refractivity contribution in [2.75, 3.05) is 19.6 Å². The number of benzene rings is 1. The third-order valence-corrected chi connectivity index (χ3v) is 3.28. The minimum Gasteiger partial charge on any atom is -0.316 e. The number of nitrogens with one attached hydrogen (secondary N) is 2. The van der Waals surface area contributed by atoms with E-state index < -0.39 is 0 Å². The lowest BCUT2D eigenvalue weighted by Gasteiger charge is -2.22. The zero-order valence-electron chi connectivity index (χ0n) is 10.1. The van der Waals surface area contributed by atoms with Gasteiger partial charge in [0.15, 0.2) is 0 Å². The first kappa shape index (κ1) is 11.6. The normalized spacial score (nSPS) is 20.9. The van der Waals surface area contributed by atoms with Gasteiger partial charge < -0.3 is 10.6 Å². The van der Waals surface area contributed by atoms with Crippen molar-refractivity contribution in [3.05, 3.63) is 35.4 Å². The molecule has 2 nitrogen and oxygen atoms in total. The molecule has 0 unspecified atom stereocenters. The Labute approximate surface area is 98.4 Å². The summed E-state index contributed by atoms with van der Waals surface area (Å²) in [5.74, 6) is 0.819. The van der Waals surface area contributed by atoms with E-state index in [2.05, 4.69) is 41.8 Å². The van der Waals surface area contributed by atoms with Crippen LogP contribution in [-0.4, -0.2) is 19.6 Å². The number of hydrogen-bond acceptors (Lipinski definition) is 2. The summed E-state index contributed by atoms with van der Waals surface area (Å²) in [6.45, 7) is 6.65. The van der Waals surface area contributed by atoms with Gasteiger partial charge in [-0.15, -0.1) is 0 Å². The first-order valence-electron chi connectivity index (χ1n) is 6.31. The predicted molar refractivity (Wildman–Crippen MR) is 68.5 cm³/mol. The molecule has 1 saturated heterocycles. The Morgan fingerprint density at radius 1 is 1.31 bits per heavy atom. The molecule has 2 N–H and O–H groups in total. The lowest BCUT2D eigenvalue weighted by Crippen LogP contribution is -2.35. The van der Waals surface area contributed by atoms with E-state index in [0.29, 0.717) is 0 Å². The van der Waals surface area contributed by atoms with Gasteiger partial charge in [-0.05, 0) is 50.9 Å². The van der Waals surface area contributed by atoms with Crippen LogP contribution in [0.2, 0.25) is 0 Å². The molecule has 0 radical (unpaired) electrons. The van der Waals surface area contributed by atoms with Crippen LogP contribution in [0.4, 0.5) is 0 Å². The van der Waals surface area contributed by atoms with Crippen LogP contribution in [0.25, 0.3) is 0 Å². The molecule has 1 atom stereocenters. The second-order valence-corrected chi connectivity index (χ2v) is 4.83. The molecule has 0 aromatic heterocycles. The summed E-state index contributed by atoms with van der Waals surface area (Å²) in [5, 5.41) is 7.00. The number of rotatable bonds is 4. The average molecular weight is 218 g/mol. The fraction of sp³-hybridized carbons (Fsp3) is 0.571. The van der Waals surface area contributed by atoms with Crippen LogP contribution in [-0.2, 0) is 6.54 Å². The molecule has 2 rings (SSSR count). The maximum atomic E-state index is 3.55. The van der Waals surface area contributed by atoms with Crippen LogP contribution in [0.1, 0.15) is 24.0 Å². The number of aryl methyl sites for hydroxylation is 1. The van der Waals surface area contributed by atoms with Gasteiger partial charge in [-0.3, -0.25) is 0 Å². The lowest BCUT2D eigenvalue weighted by atomic mass is 10.00. The van der Waals surface area contributed by atoms with E-state index in [-0.39, 0.29) is 0 Å². The average Bonchev–Trinajstić information content (AvgIpc) is 2.33. The van der Waals surface area contributed by atoms with E-state index in [1.54, 1.807) is 0 Å². The summed E-state index contributed by atoms with van der Waals surface area (Å²) in [6.07, 6.45) is 2.70. The Morgan fingerprint density at radius 3 is 2.81 bits per heavy atom. The van der Waals surface area contributed by atoms with Crippen molar-refractivity contribution in [3.8, 4) is 0 Å². The Morgan fingerprint density at radius 2 is 2.12 bits per heavy atom. The van der Waals surface area contributed by atoms with Crippen LogP contribution >= 0.6 is 0 Å². The van der Waals surface area contributed by atoms with Gasteiger partial charge in [-0.25, -0.2) is 0 Å². The van der Waals surface area contributed by atoms with Gasteiger partial charge >= 0.3 is 0 Å². The lowest BCUT2D eigenvalue weighted by molar-refractivity contribution is 0.360. The van der Waals surface area contributed by atoms with Crippen LogP contribution in [0, 0.1) is 12.8 Å². The Hall–Kier alpha value is -0.860. The molecule has 88 valence electrons. The predicted octanol–water partition coefficient (Wildman–Crippen LogP) is 2.08. The molecule has 2 heteroatoms. The molecule has 0 amide bonds. The highest BCUT2D eigenvalue weighted by atomic mass is 14.9. The largest absolute Gasteiger partial charge is 0.316 e. The van der Waals surface area contributed by atoms with Gasteiger partial charge in [0.05, 0.1) is 0 Å². The van der Waals surface area contributed by atoms with Crippen molar-refractivity contribution < 1.29 is 0 Å². The molecule has 1 aliphatic heterocycles. The van der Waals surface area contributed by atoms with Crippen molar-refractivity contribution in [2.45, 2.75) is 26.3 Å². The highest BCUT2D eigenvalue weighted by molar-refractivity contribution is 5.21. The van der Waals surface area contributed by atoms with Gasteiger partial charge in [0.1, 0.15) is 0 Å². The Bertz CT molecular complexity index is 299. The van der Waals surface area contributed by atoms with E-state index in [9.17, 15) is 0 Å². The zero-order chi connectivity index (χ0) is 11.2. The summed E-state index contributed by atoms with van der Waals surface area (Å²) < 4.78 is 0. The maximum absolute atomic E-state index is 3.55. The first-order valence-corrected chi connectivity index (χ1v) is 6.31. The molecule has 16 heavy (non-hydrogen) atoms. The first-order chi connectivity index (χ1) is 7.84. The van der Waals surface area contributed by atoms with Crippen molar-refractivity contribution in [1.29, 1.82) is 0 Å². The van der Waals surface area contributed by atoms with Crippen molar-refractivity contribution in [3.63, 3.8) is 0 Å². The highest BCUT2D eigenvalue weighted by Gasteiger charge is 2.11. The molecule has 1 aliphatic rings. The van der Waals surface area contributed by atoms with Gasteiger partial charge in [0, 0.05) is 6.54 Å². The summed E-state index contributed by atoms with van der Waals surface area (Å²) in [7, 11) is 0. The van der Waals surface area contributed by atoms with Gasteiger partial charge in [-0.2, -0.15) is 0 Å². The smallest absolute Gasteiger partial charge is 0.0205 e. The molecule has 0 aliphatic carbocycles. The fourth-order valence-corrected chi connectivity index (χ4v) is 2.22. The van der Waals surface area contributed by atoms with Crippen molar-refractivity contribution >= 4 is 0 Å². The minimum atomic E-state index is 0.819. The molecule has 1 aromatic carbocycles. The summed E-state index contributed by atoms with van der Waals surface area (Å²) in [6, 6.07) is 8.78. The molecular weight excluding hydrogens is 196 g/mol. The molecule has 1 aromatic rings. The van der Waals surface area contributed by atoms with Crippen LogP contribution < -0.4 is 10.6 Å². The quantitative estimate of drug-likeness (QED) is 0.808. The standard InChI is InChI=1S/C14H22N2/c1-12-4-6-13(7-5-12)9-16-11-14-3-2-8-15-10-14/h4-7,14-16H,2-3,8-11H2,1H3/t14-/m1/s1. The highest BCUT2D eigenvalue weighted by Crippen LogP contribution is 2.09. The van der Waals surface area contributed by atoms with Gasteiger partial charge in [-0.1, -0.05) is 29.8 Å². The zero-order valence-corrected chi connectivity index (χ0v) is 10.1. The monoisotopic (exact) mass is 218 g/mol. The van der Waals surface area contributed by atoms with E-state index >= 15 is 0 Å². The van der Waals surface area contributed by atoms with E-state index in [1.165, 1.54) is 37.1 Å². The molecule has 1 heterocycles. The molecule has 0 bridgehead atoms. The summed E-state index contributed by atoms with van der Waals surface area (Å²) in [4.78, 5) is 0. The van der Waals surface area contributed by atoms with Gasteiger partial charge in [0.25, 0.3) is 0 Å². The molecule has 1 fully saturated rings. The van der Waals surface area contributed by atoms with Crippen LogP contribution in [0.5, 0.6) is 0 Å². The third-order valence-electron chi connectivity index (χ3n) is 3.28. The molecular formula is C14H22N2. The fourth-order valence-electron chi connectivity index (χ4n) is 2.22. The molecule has 0 saturated carbocycles. The Kier molecular flexibility index (Phi) is 4.37.